The Hall–Kier alpha value is -2.65. The number of carbonyl (C=O) groups excluding carboxylic acids is 2. The van der Waals surface area contributed by atoms with Crippen LogP contribution in [-0.2, 0) is 14.3 Å². The number of nitriles is 1. The summed E-state index contributed by atoms with van der Waals surface area (Å²) in [6, 6.07) is 8.58. The summed E-state index contributed by atoms with van der Waals surface area (Å²) in [4.78, 5) is 23.3. The van der Waals surface area contributed by atoms with Crippen LogP contribution >= 0.6 is 0 Å². The highest BCUT2D eigenvalue weighted by Crippen LogP contribution is 2.17. The van der Waals surface area contributed by atoms with E-state index in [1.165, 1.54) is 0 Å². The van der Waals surface area contributed by atoms with Gasteiger partial charge in [0.05, 0.1) is 19.3 Å². The van der Waals surface area contributed by atoms with Crippen molar-refractivity contribution >= 4 is 23.2 Å². The molecule has 1 aromatic carbocycles. The minimum absolute atomic E-state index is 0.197. The quantitative estimate of drug-likeness (QED) is 0.834. The van der Waals surface area contributed by atoms with Crippen LogP contribution in [0.3, 0.4) is 0 Å². The number of ether oxygens (including phenoxy) is 1. The van der Waals surface area contributed by atoms with E-state index in [9.17, 15) is 9.59 Å². The molecule has 0 saturated carbocycles. The lowest BCUT2D eigenvalue weighted by molar-refractivity contribution is -0.115. The van der Waals surface area contributed by atoms with Gasteiger partial charge in [-0.05, 0) is 31.0 Å². The summed E-state index contributed by atoms with van der Waals surface area (Å²) >= 11 is 0. The summed E-state index contributed by atoms with van der Waals surface area (Å²) in [6.45, 7) is 1.30. The standard InChI is InChI=1S/C16H17N3O3/c17-7-4-15(20)18-13-2-1-3-14(11-13)19-16(21)10-12-5-8-22-9-6-12/h1-3,10-11H,4-6,8-9H2,(H,18,20)(H,19,21). The summed E-state index contributed by atoms with van der Waals surface area (Å²) < 4.78 is 5.24. The van der Waals surface area contributed by atoms with Crippen molar-refractivity contribution in [2.45, 2.75) is 19.3 Å². The van der Waals surface area contributed by atoms with Gasteiger partial charge in [0.15, 0.2) is 0 Å². The summed E-state index contributed by atoms with van der Waals surface area (Å²) in [6.07, 6.45) is 2.95. The van der Waals surface area contributed by atoms with Crippen molar-refractivity contribution in [3.63, 3.8) is 0 Å². The van der Waals surface area contributed by atoms with E-state index in [4.69, 9.17) is 10.00 Å². The molecule has 0 bridgehead atoms. The Labute approximate surface area is 128 Å². The van der Waals surface area contributed by atoms with E-state index >= 15 is 0 Å². The van der Waals surface area contributed by atoms with Gasteiger partial charge in [0.2, 0.25) is 11.8 Å². The van der Waals surface area contributed by atoms with Crippen molar-refractivity contribution in [2.75, 3.05) is 23.8 Å². The molecule has 22 heavy (non-hydrogen) atoms. The maximum absolute atomic E-state index is 12.0. The van der Waals surface area contributed by atoms with Crippen LogP contribution in [0.15, 0.2) is 35.9 Å². The smallest absolute Gasteiger partial charge is 0.248 e. The van der Waals surface area contributed by atoms with Crippen LogP contribution in [0.25, 0.3) is 0 Å². The zero-order valence-corrected chi connectivity index (χ0v) is 12.1. The number of benzene rings is 1. The molecule has 6 heteroatoms. The average Bonchev–Trinajstić information content (AvgIpc) is 2.48. The molecule has 6 nitrogen and oxygen atoms in total. The number of rotatable bonds is 4. The molecule has 1 fully saturated rings. The van der Waals surface area contributed by atoms with Crippen molar-refractivity contribution in [1.29, 1.82) is 5.26 Å². The van der Waals surface area contributed by atoms with E-state index in [1.54, 1.807) is 36.4 Å². The Morgan fingerprint density at radius 1 is 1.23 bits per heavy atom. The molecule has 0 spiro atoms. The number of hydrogen-bond acceptors (Lipinski definition) is 4. The first-order valence-electron chi connectivity index (χ1n) is 7.02. The number of hydrogen-bond donors (Lipinski definition) is 2. The first kappa shape index (κ1) is 15.7. The molecule has 1 aliphatic rings. The van der Waals surface area contributed by atoms with Gasteiger partial charge in [0, 0.05) is 17.5 Å². The lowest BCUT2D eigenvalue weighted by Gasteiger charge is -2.14. The maximum atomic E-state index is 12.0. The summed E-state index contributed by atoms with van der Waals surface area (Å²) in [5.74, 6) is -0.576. The maximum Gasteiger partial charge on any atom is 0.248 e. The average molecular weight is 299 g/mol. The van der Waals surface area contributed by atoms with E-state index in [0.717, 1.165) is 18.4 Å². The minimum Gasteiger partial charge on any atom is -0.381 e. The number of carbonyl (C=O) groups is 2. The van der Waals surface area contributed by atoms with Crippen LogP contribution in [0.2, 0.25) is 0 Å². The van der Waals surface area contributed by atoms with Crippen molar-refractivity contribution in [3.8, 4) is 6.07 Å². The predicted molar refractivity (Wildman–Crippen MR) is 82.1 cm³/mol. The van der Waals surface area contributed by atoms with Crippen molar-refractivity contribution in [3.05, 3.63) is 35.9 Å². The highest BCUT2D eigenvalue weighted by atomic mass is 16.5. The van der Waals surface area contributed by atoms with Crippen LogP contribution in [0.4, 0.5) is 11.4 Å². The lowest BCUT2D eigenvalue weighted by atomic mass is 10.1. The highest BCUT2D eigenvalue weighted by molar-refractivity contribution is 6.00. The third-order valence-corrected chi connectivity index (χ3v) is 3.12. The van der Waals surface area contributed by atoms with Crippen LogP contribution < -0.4 is 10.6 Å². The molecule has 2 N–H and O–H groups in total. The summed E-state index contributed by atoms with van der Waals surface area (Å²) in [5, 5.41) is 13.8. The molecule has 1 saturated heterocycles. The fourth-order valence-electron chi connectivity index (χ4n) is 2.09. The molecule has 0 unspecified atom stereocenters. The van der Waals surface area contributed by atoms with Gasteiger partial charge in [-0.3, -0.25) is 9.59 Å². The molecule has 2 rings (SSSR count). The molecule has 0 radical (unpaired) electrons. The molecule has 0 aromatic heterocycles. The fraction of sp³-hybridized carbons (Fsp3) is 0.312. The van der Waals surface area contributed by atoms with Gasteiger partial charge in [-0.2, -0.15) is 5.26 Å². The van der Waals surface area contributed by atoms with Crippen LogP contribution in [0, 0.1) is 11.3 Å². The third-order valence-electron chi connectivity index (χ3n) is 3.12. The van der Waals surface area contributed by atoms with E-state index in [0.29, 0.717) is 24.6 Å². The molecular formula is C16H17N3O3. The summed E-state index contributed by atoms with van der Waals surface area (Å²) in [7, 11) is 0. The molecule has 2 amide bonds. The molecule has 1 aliphatic heterocycles. The van der Waals surface area contributed by atoms with Crippen molar-refractivity contribution in [2.24, 2.45) is 0 Å². The first-order valence-corrected chi connectivity index (χ1v) is 7.02. The molecule has 114 valence electrons. The molecule has 1 aromatic rings. The minimum atomic E-state index is -0.379. The highest BCUT2D eigenvalue weighted by Gasteiger charge is 2.08. The van der Waals surface area contributed by atoms with Crippen LogP contribution in [0.5, 0.6) is 0 Å². The first-order chi connectivity index (χ1) is 10.7. The summed E-state index contributed by atoms with van der Waals surface area (Å²) in [5.41, 5.74) is 2.20. The van der Waals surface area contributed by atoms with Gasteiger partial charge >= 0.3 is 0 Å². The number of amides is 2. The molecule has 0 aliphatic carbocycles. The Kier molecular flexibility index (Phi) is 5.69. The zero-order valence-electron chi connectivity index (χ0n) is 12.1. The zero-order chi connectivity index (χ0) is 15.8. The Morgan fingerprint density at radius 3 is 2.59 bits per heavy atom. The largest absolute Gasteiger partial charge is 0.381 e. The number of nitrogens with zero attached hydrogens (tertiary/aromatic N) is 1. The SMILES string of the molecule is N#CCC(=O)Nc1cccc(NC(=O)C=C2CCOCC2)c1. The molecular weight excluding hydrogens is 282 g/mol. The Balaban J connectivity index is 1.96. The van der Waals surface area contributed by atoms with E-state index in [1.807, 2.05) is 0 Å². The fourth-order valence-corrected chi connectivity index (χ4v) is 2.09. The van der Waals surface area contributed by atoms with Crippen molar-refractivity contribution < 1.29 is 14.3 Å². The Morgan fingerprint density at radius 2 is 1.91 bits per heavy atom. The van der Waals surface area contributed by atoms with Crippen molar-refractivity contribution in [1.82, 2.24) is 0 Å². The van der Waals surface area contributed by atoms with E-state index < -0.39 is 0 Å². The van der Waals surface area contributed by atoms with Gasteiger partial charge in [-0.1, -0.05) is 11.6 Å². The topological polar surface area (TPSA) is 91.2 Å². The molecule has 0 atom stereocenters. The number of nitrogens with one attached hydrogen (secondary N) is 2. The van der Waals surface area contributed by atoms with Crippen LogP contribution in [-0.4, -0.2) is 25.0 Å². The Bertz CT molecular complexity index is 624. The predicted octanol–water partition coefficient (Wildman–Crippen LogP) is 2.21. The third kappa shape index (κ3) is 5.04. The monoisotopic (exact) mass is 299 g/mol. The second-order valence-corrected chi connectivity index (χ2v) is 4.87. The van der Waals surface area contributed by atoms with Gasteiger partial charge in [-0.15, -0.1) is 0 Å². The van der Waals surface area contributed by atoms with Crippen LogP contribution in [0.1, 0.15) is 19.3 Å². The normalized spacial score (nSPS) is 13.9. The van der Waals surface area contributed by atoms with E-state index in [-0.39, 0.29) is 18.2 Å². The van der Waals surface area contributed by atoms with Gasteiger partial charge in [-0.25, -0.2) is 0 Å². The second-order valence-electron chi connectivity index (χ2n) is 4.87. The lowest BCUT2D eigenvalue weighted by Crippen LogP contribution is -2.14. The number of anilines is 2. The second kappa shape index (κ2) is 7.96. The van der Waals surface area contributed by atoms with E-state index in [2.05, 4.69) is 10.6 Å². The van der Waals surface area contributed by atoms with Gasteiger partial charge < -0.3 is 15.4 Å². The molecule has 1 heterocycles. The van der Waals surface area contributed by atoms with Gasteiger partial charge in [0.1, 0.15) is 6.42 Å². The van der Waals surface area contributed by atoms with Gasteiger partial charge in [0.25, 0.3) is 0 Å².